The number of benzene rings is 1. The molecule has 1 unspecified atom stereocenters. The van der Waals surface area contributed by atoms with Crippen molar-refractivity contribution in [2.45, 2.75) is 92.3 Å². The molecule has 0 bridgehead atoms. The molecule has 2 rings (SSSR count). The van der Waals surface area contributed by atoms with E-state index in [2.05, 4.69) is 0 Å². The van der Waals surface area contributed by atoms with Gasteiger partial charge in [-0.3, -0.25) is 19.4 Å². The SMILES string of the molecule is CCC(C)(C)C(=O)OCc1c(C(C)C)nc(C(C)C)c(/C=C/C(O)CC(=O)CC(=O)O)c1-c1ccc(F)cc1. The Kier molecular flexibility index (Phi) is 11.1. The molecule has 7 nitrogen and oxygen atoms in total. The number of carboxylic acid groups (broad SMARTS) is 1. The van der Waals surface area contributed by atoms with Crippen LogP contribution in [0.1, 0.15) is 102 Å². The average molecular weight is 542 g/mol. The van der Waals surface area contributed by atoms with E-state index < -0.39 is 35.5 Å². The first-order valence-electron chi connectivity index (χ1n) is 13.3. The molecule has 0 spiro atoms. The summed E-state index contributed by atoms with van der Waals surface area (Å²) in [6.45, 7) is 13.5. The van der Waals surface area contributed by atoms with Crippen molar-refractivity contribution in [1.82, 2.24) is 4.98 Å². The molecule has 8 heteroatoms. The second-order valence-electron chi connectivity index (χ2n) is 11.0. The zero-order valence-electron chi connectivity index (χ0n) is 23.9. The van der Waals surface area contributed by atoms with Crippen molar-refractivity contribution in [3.8, 4) is 11.1 Å². The van der Waals surface area contributed by atoms with Crippen molar-refractivity contribution in [3.63, 3.8) is 0 Å². The molecule has 1 aromatic heterocycles. The Hall–Kier alpha value is -3.39. The van der Waals surface area contributed by atoms with Crippen molar-refractivity contribution >= 4 is 23.8 Å². The molecular formula is C31H40FNO6. The quantitative estimate of drug-likeness (QED) is 0.222. The number of nitrogens with zero attached hydrogens (tertiary/aromatic N) is 1. The number of aliphatic hydroxyl groups is 1. The van der Waals surface area contributed by atoms with E-state index >= 15 is 0 Å². The Morgan fingerprint density at radius 3 is 2.15 bits per heavy atom. The van der Waals surface area contributed by atoms with Gasteiger partial charge in [-0.25, -0.2) is 4.39 Å². The molecule has 0 aliphatic rings. The lowest BCUT2D eigenvalue weighted by molar-refractivity contribution is -0.155. The van der Waals surface area contributed by atoms with Gasteiger partial charge in [0.05, 0.1) is 22.9 Å². The van der Waals surface area contributed by atoms with E-state index in [0.29, 0.717) is 28.7 Å². The molecule has 39 heavy (non-hydrogen) atoms. The number of carboxylic acids is 1. The van der Waals surface area contributed by atoms with Gasteiger partial charge in [-0.15, -0.1) is 0 Å². The van der Waals surface area contributed by atoms with E-state index in [1.165, 1.54) is 18.2 Å². The van der Waals surface area contributed by atoms with Gasteiger partial charge in [-0.1, -0.05) is 58.9 Å². The molecule has 0 fully saturated rings. The number of Topliss-reactive ketones (excluding diaryl/α,β-unsaturated/α-hetero) is 1. The standard InChI is InChI=1S/C31H40FNO6/c1-8-31(6,7)30(38)39-17-25-27(20-9-11-21(32)12-10-20)24(28(18(2)3)33-29(25)19(4)5)14-13-22(34)15-23(35)16-26(36)37/h9-14,18-19,22,34H,8,15-17H2,1-7H3,(H,36,37)/b14-13+. The van der Waals surface area contributed by atoms with Crippen LogP contribution in [0.3, 0.4) is 0 Å². The molecule has 0 saturated carbocycles. The van der Waals surface area contributed by atoms with Gasteiger partial charge < -0.3 is 14.9 Å². The van der Waals surface area contributed by atoms with Crippen molar-refractivity contribution in [2.24, 2.45) is 5.41 Å². The maximum atomic E-state index is 13.9. The summed E-state index contributed by atoms with van der Waals surface area (Å²) in [6.07, 6.45) is 1.46. The van der Waals surface area contributed by atoms with E-state index in [-0.39, 0.29) is 30.8 Å². The average Bonchev–Trinajstić information content (AvgIpc) is 2.85. The summed E-state index contributed by atoms with van der Waals surface area (Å²) in [4.78, 5) is 40.6. The Morgan fingerprint density at radius 1 is 1.05 bits per heavy atom. The van der Waals surface area contributed by atoms with Crippen LogP contribution in [0.4, 0.5) is 4.39 Å². The number of hydrogen-bond donors (Lipinski definition) is 2. The maximum Gasteiger partial charge on any atom is 0.311 e. The minimum atomic E-state index is -1.25. The number of aromatic nitrogens is 1. The van der Waals surface area contributed by atoms with E-state index in [1.54, 1.807) is 18.2 Å². The van der Waals surface area contributed by atoms with Crippen LogP contribution in [0.15, 0.2) is 30.3 Å². The molecule has 1 atom stereocenters. The molecular weight excluding hydrogens is 501 g/mol. The van der Waals surface area contributed by atoms with Gasteiger partial charge in [0.15, 0.2) is 0 Å². The molecule has 0 radical (unpaired) electrons. The predicted octanol–water partition coefficient (Wildman–Crippen LogP) is 6.42. The molecule has 0 aliphatic carbocycles. The lowest BCUT2D eigenvalue weighted by Crippen LogP contribution is -2.26. The third-order valence-electron chi connectivity index (χ3n) is 6.68. The zero-order chi connectivity index (χ0) is 29.5. The topological polar surface area (TPSA) is 114 Å². The Labute approximate surface area is 230 Å². The highest BCUT2D eigenvalue weighted by Crippen LogP contribution is 2.38. The fraction of sp³-hybridized carbons (Fsp3) is 0.484. The monoisotopic (exact) mass is 541 g/mol. The number of ether oxygens (including phenoxy) is 1. The molecule has 0 amide bonds. The van der Waals surface area contributed by atoms with Crippen LogP contribution < -0.4 is 0 Å². The van der Waals surface area contributed by atoms with Crippen LogP contribution >= 0.6 is 0 Å². The normalized spacial score (nSPS) is 12.8. The fourth-order valence-corrected chi connectivity index (χ4v) is 4.08. The summed E-state index contributed by atoms with van der Waals surface area (Å²) in [5, 5.41) is 19.3. The van der Waals surface area contributed by atoms with Crippen molar-refractivity contribution in [1.29, 1.82) is 0 Å². The van der Waals surface area contributed by atoms with Gasteiger partial charge in [0.2, 0.25) is 0 Å². The number of hydrogen-bond acceptors (Lipinski definition) is 6. The number of aliphatic hydroxyl groups excluding tert-OH is 1. The lowest BCUT2D eigenvalue weighted by Gasteiger charge is -2.25. The summed E-state index contributed by atoms with van der Waals surface area (Å²) in [7, 11) is 0. The number of ketones is 1. The van der Waals surface area contributed by atoms with Gasteiger partial charge in [0, 0.05) is 17.5 Å². The number of halogens is 1. The van der Waals surface area contributed by atoms with Crippen molar-refractivity contribution < 1.29 is 33.7 Å². The third-order valence-corrected chi connectivity index (χ3v) is 6.68. The van der Waals surface area contributed by atoms with Gasteiger partial charge >= 0.3 is 11.9 Å². The van der Waals surface area contributed by atoms with Crippen LogP contribution in [-0.4, -0.2) is 39.0 Å². The highest BCUT2D eigenvalue weighted by atomic mass is 19.1. The molecule has 212 valence electrons. The fourth-order valence-electron chi connectivity index (χ4n) is 4.08. The van der Waals surface area contributed by atoms with Crippen molar-refractivity contribution in [2.75, 3.05) is 0 Å². The van der Waals surface area contributed by atoms with E-state index in [9.17, 15) is 23.9 Å². The number of esters is 1. The van der Waals surface area contributed by atoms with Crippen LogP contribution in [0.2, 0.25) is 0 Å². The summed E-state index contributed by atoms with van der Waals surface area (Å²) in [6, 6.07) is 5.99. The number of pyridine rings is 1. The number of carbonyl (C=O) groups excluding carboxylic acids is 2. The Bertz CT molecular complexity index is 1210. The van der Waals surface area contributed by atoms with Gasteiger partial charge in [0.1, 0.15) is 24.6 Å². The largest absolute Gasteiger partial charge is 0.481 e. The summed E-state index contributed by atoms with van der Waals surface area (Å²) < 4.78 is 19.7. The minimum Gasteiger partial charge on any atom is -0.481 e. The second kappa shape index (κ2) is 13.6. The van der Waals surface area contributed by atoms with Gasteiger partial charge in [-0.05, 0) is 55.4 Å². The summed E-state index contributed by atoms with van der Waals surface area (Å²) in [5.41, 5.74) is 3.49. The highest BCUT2D eigenvalue weighted by Gasteiger charge is 2.29. The van der Waals surface area contributed by atoms with Crippen LogP contribution in [0.25, 0.3) is 17.2 Å². The lowest BCUT2D eigenvalue weighted by atomic mass is 9.86. The maximum absolute atomic E-state index is 13.9. The van der Waals surface area contributed by atoms with Crippen LogP contribution in [0.5, 0.6) is 0 Å². The Morgan fingerprint density at radius 2 is 1.64 bits per heavy atom. The van der Waals surface area contributed by atoms with Gasteiger partial charge in [-0.2, -0.15) is 0 Å². The molecule has 0 aliphatic heterocycles. The zero-order valence-corrected chi connectivity index (χ0v) is 23.9. The van der Waals surface area contributed by atoms with E-state index in [4.69, 9.17) is 14.8 Å². The molecule has 2 aromatic rings. The summed E-state index contributed by atoms with van der Waals surface area (Å²) in [5.74, 6) is -2.66. The highest BCUT2D eigenvalue weighted by molar-refractivity contribution is 5.95. The van der Waals surface area contributed by atoms with Crippen LogP contribution in [0, 0.1) is 11.2 Å². The minimum absolute atomic E-state index is 0.0214. The molecule has 1 aromatic carbocycles. The van der Waals surface area contributed by atoms with E-state index in [0.717, 1.165) is 11.4 Å². The van der Waals surface area contributed by atoms with E-state index in [1.807, 2.05) is 48.5 Å². The molecule has 0 saturated heterocycles. The number of rotatable bonds is 13. The molecule has 1 heterocycles. The summed E-state index contributed by atoms with van der Waals surface area (Å²) >= 11 is 0. The third kappa shape index (κ3) is 8.55. The first kappa shape index (κ1) is 31.8. The smallest absolute Gasteiger partial charge is 0.311 e. The first-order chi connectivity index (χ1) is 18.2. The van der Waals surface area contributed by atoms with Crippen molar-refractivity contribution in [3.05, 3.63) is 58.7 Å². The second-order valence-corrected chi connectivity index (χ2v) is 11.0. The number of aliphatic carboxylic acids is 1. The van der Waals surface area contributed by atoms with Crippen LogP contribution in [-0.2, 0) is 25.7 Å². The first-order valence-corrected chi connectivity index (χ1v) is 13.3. The molecule has 2 N–H and O–H groups in total. The number of carbonyl (C=O) groups is 3. The predicted molar refractivity (Wildman–Crippen MR) is 149 cm³/mol. The van der Waals surface area contributed by atoms with Gasteiger partial charge in [0.25, 0.3) is 0 Å². The Balaban J connectivity index is 2.76.